The number of halogens is 1. The van der Waals surface area contributed by atoms with E-state index in [4.69, 9.17) is 0 Å². The van der Waals surface area contributed by atoms with E-state index < -0.39 is 0 Å². The number of hydrogen-bond acceptors (Lipinski definition) is 2. The molecule has 0 fully saturated rings. The minimum absolute atomic E-state index is 1.04. The van der Waals surface area contributed by atoms with Gasteiger partial charge in [-0.2, -0.15) is 0 Å². The minimum atomic E-state index is 1.04. The van der Waals surface area contributed by atoms with Crippen molar-refractivity contribution in [2.24, 2.45) is 0 Å². The van der Waals surface area contributed by atoms with Gasteiger partial charge >= 0.3 is 0 Å². The van der Waals surface area contributed by atoms with Crippen LogP contribution in [0, 0.1) is 12.4 Å². The molecule has 1 heterocycles. The van der Waals surface area contributed by atoms with Crippen LogP contribution in [0.25, 0.3) is 11.3 Å². The number of aryl methyl sites for hydroxylation is 1. The van der Waals surface area contributed by atoms with Crippen LogP contribution < -0.4 is 0 Å². The normalized spacial score (nSPS) is 10.3. The number of thiazole rings is 1. The summed E-state index contributed by atoms with van der Waals surface area (Å²) in [6.07, 6.45) is 0. The van der Waals surface area contributed by atoms with Crippen LogP contribution in [0.4, 0.5) is 0 Å². The summed E-state index contributed by atoms with van der Waals surface area (Å²) in [6.45, 7) is 2.06. The van der Waals surface area contributed by atoms with Crippen LogP contribution in [0.5, 0.6) is 0 Å². The maximum absolute atomic E-state index is 4.19. The molecule has 0 saturated carbocycles. The van der Waals surface area contributed by atoms with Crippen LogP contribution in [0.2, 0.25) is 0 Å². The first kappa shape index (κ1) is 8.91. The van der Waals surface area contributed by atoms with Gasteiger partial charge in [0.05, 0.1) is 5.69 Å². The number of benzene rings is 1. The summed E-state index contributed by atoms with van der Waals surface area (Å²) in [6, 6.07) is 8.15. The van der Waals surface area contributed by atoms with Gasteiger partial charge in [0.15, 0.2) is 5.51 Å². The lowest BCUT2D eigenvalue weighted by molar-refractivity contribution is 1.36. The molecule has 65 valence electrons. The molecule has 13 heavy (non-hydrogen) atoms. The molecule has 0 atom stereocenters. The SMILES string of the molecule is Cc1s[c]nc1-c1ccc(Br)cc1. The highest BCUT2D eigenvalue weighted by molar-refractivity contribution is 9.10. The Bertz CT molecular complexity index is 405. The van der Waals surface area contributed by atoms with Gasteiger partial charge in [-0.25, -0.2) is 4.98 Å². The third kappa shape index (κ3) is 1.81. The van der Waals surface area contributed by atoms with Crippen LogP contribution >= 0.6 is 27.3 Å². The Morgan fingerprint density at radius 3 is 2.54 bits per heavy atom. The van der Waals surface area contributed by atoms with Crippen LogP contribution in [-0.2, 0) is 0 Å². The van der Waals surface area contributed by atoms with Crippen molar-refractivity contribution in [3.05, 3.63) is 39.1 Å². The highest BCUT2D eigenvalue weighted by Crippen LogP contribution is 2.25. The van der Waals surface area contributed by atoms with E-state index in [9.17, 15) is 0 Å². The zero-order chi connectivity index (χ0) is 9.26. The molecule has 0 unspecified atom stereocenters. The Balaban J connectivity index is 2.47. The maximum atomic E-state index is 4.19. The Hall–Kier alpha value is -0.670. The van der Waals surface area contributed by atoms with Gasteiger partial charge in [-0.05, 0) is 19.1 Å². The highest BCUT2D eigenvalue weighted by atomic mass is 79.9. The van der Waals surface area contributed by atoms with Gasteiger partial charge in [0, 0.05) is 14.9 Å². The van der Waals surface area contributed by atoms with Crippen LogP contribution in [0.15, 0.2) is 28.7 Å². The molecule has 2 aromatic rings. The Kier molecular flexibility index (Phi) is 2.47. The molecular formula is C10H7BrNS. The summed E-state index contributed by atoms with van der Waals surface area (Å²) < 4.78 is 1.09. The lowest BCUT2D eigenvalue weighted by atomic mass is 10.1. The van der Waals surface area contributed by atoms with E-state index in [1.807, 2.05) is 12.1 Å². The summed E-state index contributed by atoms with van der Waals surface area (Å²) in [7, 11) is 0. The van der Waals surface area contributed by atoms with Crippen molar-refractivity contribution in [2.45, 2.75) is 6.92 Å². The van der Waals surface area contributed by atoms with E-state index in [-0.39, 0.29) is 0 Å². The molecule has 0 N–H and O–H groups in total. The monoisotopic (exact) mass is 252 g/mol. The topological polar surface area (TPSA) is 12.9 Å². The second kappa shape index (κ2) is 3.60. The number of aromatic nitrogens is 1. The first-order valence-electron chi connectivity index (χ1n) is 3.87. The van der Waals surface area contributed by atoms with Crippen molar-refractivity contribution in [3.63, 3.8) is 0 Å². The van der Waals surface area contributed by atoms with Gasteiger partial charge in [-0.1, -0.05) is 28.1 Å². The van der Waals surface area contributed by atoms with E-state index in [0.29, 0.717) is 0 Å². The fraction of sp³-hybridized carbons (Fsp3) is 0.100. The van der Waals surface area contributed by atoms with E-state index >= 15 is 0 Å². The fourth-order valence-corrected chi connectivity index (χ4v) is 1.94. The molecule has 0 aliphatic carbocycles. The quantitative estimate of drug-likeness (QED) is 0.755. The van der Waals surface area contributed by atoms with Gasteiger partial charge in [0.2, 0.25) is 0 Å². The summed E-state index contributed by atoms with van der Waals surface area (Å²) in [4.78, 5) is 5.40. The van der Waals surface area contributed by atoms with Gasteiger partial charge in [0.25, 0.3) is 0 Å². The molecule has 1 radical (unpaired) electrons. The van der Waals surface area contributed by atoms with Crippen molar-refractivity contribution < 1.29 is 0 Å². The van der Waals surface area contributed by atoms with Crippen molar-refractivity contribution in [2.75, 3.05) is 0 Å². The number of rotatable bonds is 1. The fourth-order valence-electron chi connectivity index (χ4n) is 1.14. The molecule has 1 nitrogen and oxygen atoms in total. The summed E-state index contributed by atoms with van der Waals surface area (Å²) >= 11 is 4.96. The van der Waals surface area contributed by atoms with E-state index in [2.05, 4.69) is 45.5 Å². The Labute approximate surface area is 89.6 Å². The highest BCUT2D eigenvalue weighted by Gasteiger charge is 2.03. The predicted octanol–water partition coefficient (Wildman–Crippen LogP) is 3.68. The maximum Gasteiger partial charge on any atom is 0.153 e. The molecule has 2 rings (SSSR count). The Morgan fingerprint density at radius 1 is 1.31 bits per heavy atom. The van der Waals surface area contributed by atoms with Gasteiger partial charge in [-0.15, -0.1) is 11.3 Å². The predicted molar refractivity (Wildman–Crippen MR) is 58.8 cm³/mol. The summed E-state index contributed by atoms with van der Waals surface area (Å²) in [5.41, 5.74) is 5.08. The van der Waals surface area contributed by atoms with Crippen LogP contribution in [-0.4, -0.2) is 4.98 Å². The standard InChI is InChI=1S/C10H7BrNS/c1-7-10(12-6-13-7)8-2-4-9(11)5-3-8/h2-5H,1H3. The van der Waals surface area contributed by atoms with Crippen molar-refractivity contribution in [1.29, 1.82) is 0 Å². The molecule has 0 aliphatic heterocycles. The van der Waals surface area contributed by atoms with Crippen LogP contribution in [0.1, 0.15) is 4.88 Å². The summed E-state index contributed by atoms with van der Waals surface area (Å²) in [5.74, 6) is 0. The molecule has 1 aromatic carbocycles. The van der Waals surface area contributed by atoms with Gasteiger partial charge in [-0.3, -0.25) is 0 Å². The molecular weight excluding hydrogens is 246 g/mol. The van der Waals surface area contributed by atoms with Gasteiger partial charge in [0.1, 0.15) is 0 Å². The molecule has 3 heteroatoms. The molecule has 1 aromatic heterocycles. The third-order valence-corrected chi connectivity index (χ3v) is 3.02. The first-order valence-corrected chi connectivity index (χ1v) is 5.48. The van der Waals surface area contributed by atoms with Gasteiger partial charge < -0.3 is 0 Å². The van der Waals surface area contributed by atoms with E-state index in [1.165, 1.54) is 4.88 Å². The smallest absolute Gasteiger partial charge is 0.153 e. The largest absolute Gasteiger partial charge is 0.233 e. The van der Waals surface area contributed by atoms with Crippen LogP contribution in [0.3, 0.4) is 0 Å². The second-order valence-corrected chi connectivity index (χ2v) is 4.63. The molecule has 0 spiro atoms. The first-order chi connectivity index (χ1) is 6.27. The van der Waals surface area contributed by atoms with E-state index in [0.717, 1.165) is 15.7 Å². The molecule has 0 aliphatic rings. The lowest BCUT2D eigenvalue weighted by Gasteiger charge is -1.97. The minimum Gasteiger partial charge on any atom is -0.233 e. The summed E-state index contributed by atoms with van der Waals surface area (Å²) in [5, 5.41) is 0. The molecule has 0 amide bonds. The van der Waals surface area contributed by atoms with E-state index in [1.54, 1.807) is 11.3 Å². The molecule has 0 bridgehead atoms. The third-order valence-electron chi connectivity index (χ3n) is 1.81. The zero-order valence-corrected chi connectivity index (χ0v) is 9.45. The number of nitrogens with zero attached hydrogens (tertiary/aromatic N) is 1. The van der Waals surface area contributed by atoms with Crippen molar-refractivity contribution >= 4 is 27.3 Å². The lowest BCUT2D eigenvalue weighted by Crippen LogP contribution is -1.78. The zero-order valence-electron chi connectivity index (χ0n) is 7.04. The number of hydrogen-bond donors (Lipinski definition) is 0. The van der Waals surface area contributed by atoms with Crippen molar-refractivity contribution in [1.82, 2.24) is 4.98 Å². The molecule has 0 saturated heterocycles. The van der Waals surface area contributed by atoms with Crippen molar-refractivity contribution in [3.8, 4) is 11.3 Å². The average Bonchev–Trinajstić information content (AvgIpc) is 2.53. The average molecular weight is 253 g/mol. The Morgan fingerprint density at radius 2 is 2.00 bits per heavy atom. The second-order valence-electron chi connectivity index (χ2n) is 2.72.